The average Bonchev–Trinajstić information content (AvgIpc) is 2.30. The molecule has 15 heavy (non-hydrogen) atoms. The minimum absolute atomic E-state index is 0.0694. The Bertz CT molecular complexity index is 63.6. The molecular weight excluding hydrogens is 297 g/mol. The molecule has 0 aliphatic heterocycles. The number of nitrogens with two attached hydrogens (primary N) is 1. The Morgan fingerprint density at radius 3 is 1.60 bits per heavy atom. The first kappa shape index (κ1) is 21.0. The Hall–Kier alpha value is 0.679. The van der Waals surface area contributed by atoms with E-state index < -0.39 is 0 Å². The molecule has 0 rings (SSSR count). The molecule has 0 radical (unpaired) electrons. The van der Waals surface area contributed by atoms with Gasteiger partial charge in [0, 0.05) is 0 Å². The summed E-state index contributed by atoms with van der Waals surface area (Å²) in [4.78, 5) is 0. The second kappa shape index (κ2) is 29.3. The number of rotatable bonds is 6. The van der Waals surface area contributed by atoms with E-state index in [9.17, 15) is 10.2 Å². The van der Waals surface area contributed by atoms with Gasteiger partial charge < -0.3 is 10.2 Å². The van der Waals surface area contributed by atoms with Gasteiger partial charge in [-0.25, -0.2) is 0 Å². The molecule has 0 amide bonds. The Labute approximate surface area is 106 Å². The van der Waals surface area contributed by atoms with Crippen LogP contribution in [0.25, 0.3) is 0 Å². The second-order valence-electron chi connectivity index (χ2n) is 2.90. The van der Waals surface area contributed by atoms with Crippen molar-refractivity contribution in [3.8, 4) is 0 Å². The summed E-state index contributed by atoms with van der Waals surface area (Å²) in [6.45, 7) is 7.06. The number of hydrogen-bond acceptors (Lipinski definition) is 3. The van der Waals surface area contributed by atoms with E-state index in [1.807, 2.05) is 13.8 Å². The van der Waals surface area contributed by atoms with Gasteiger partial charge in [-0.05, 0) is 0 Å². The van der Waals surface area contributed by atoms with Crippen molar-refractivity contribution in [1.29, 1.82) is 0 Å². The van der Waals surface area contributed by atoms with E-state index in [-0.39, 0.29) is 34.4 Å². The van der Waals surface area contributed by atoms with Gasteiger partial charge in [-0.2, -0.15) is 0 Å². The van der Waals surface area contributed by atoms with Crippen molar-refractivity contribution >= 4 is 21.1 Å². The molecule has 0 saturated heterocycles. The summed E-state index contributed by atoms with van der Waals surface area (Å²) in [6, 6.07) is 0. The molecule has 0 aromatic heterocycles. The second-order valence-corrected chi connectivity index (χ2v) is 7.78. The van der Waals surface area contributed by atoms with Crippen molar-refractivity contribution in [3.05, 3.63) is 0 Å². The van der Waals surface area contributed by atoms with E-state index in [4.69, 9.17) is 5.73 Å². The molecule has 0 unspecified atom stereocenters. The van der Waals surface area contributed by atoms with Crippen LogP contribution in [0.15, 0.2) is 0 Å². The first-order valence-electron chi connectivity index (χ1n) is 5.81. The van der Waals surface area contributed by atoms with E-state index in [1.54, 1.807) is 0 Å². The van der Waals surface area contributed by atoms with Crippen LogP contribution in [0.5, 0.6) is 0 Å². The Balaban J connectivity index is -0.000000155. The Morgan fingerprint density at radius 1 is 1.00 bits per heavy atom. The Kier molecular flexibility index (Phi) is 41.1. The van der Waals surface area contributed by atoms with E-state index in [1.165, 1.54) is 15.3 Å². The van der Waals surface area contributed by atoms with Gasteiger partial charge in [-0.3, -0.25) is 0 Å². The first-order chi connectivity index (χ1) is 7.24. The van der Waals surface area contributed by atoms with E-state index >= 15 is 0 Å². The topological polar surface area (TPSA) is 72.1 Å². The predicted octanol–water partition coefficient (Wildman–Crippen LogP) is 0.409. The molecular formula is C11H27NO2Sn. The van der Waals surface area contributed by atoms with Crippen LogP contribution in [0.4, 0.5) is 0 Å². The van der Waals surface area contributed by atoms with E-state index in [0.29, 0.717) is 0 Å². The molecule has 0 atom stereocenters. The molecule has 0 heterocycles. The zero-order chi connectivity index (χ0) is 12.4. The molecule has 92 valence electrons. The van der Waals surface area contributed by atoms with Crippen LogP contribution in [0.2, 0.25) is 8.87 Å². The van der Waals surface area contributed by atoms with Gasteiger partial charge in [0.05, 0.1) is 0 Å². The van der Waals surface area contributed by atoms with Crippen molar-refractivity contribution in [2.24, 2.45) is 5.73 Å². The quantitative estimate of drug-likeness (QED) is 0.568. The zero-order valence-corrected chi connectivity index (χ0v) is 13.4. The van der Waals surface area contributed by atoms with Crippen molar-refractivity contribution in [2.45, 2.75) is 48.9 Å². The fourth-order valence-corrected chi connectivity index (χ4v) is 2.71. The fraction of sp³-hybridized carbons (Fsp3) is 1.00. The molecule has 0 aromatic carbocycles. The van der Waals surface area contributed by atoms with Crippen LogP contribution in [0.1, 0.15) is 40.0 Å². The van der Waals surface area contributed by atoms with Crippen molar-refractivity contribution in [1.82, 2.24) is 0 Å². The zero-order valence-electron chi connectivity index (χ0n) is 10.6. The standard InChI is InChI=1S/C3H8N.2C3H7O.C2H5.Sn/c3*1-2-3-4;1-2;/h1-4H2;2*2-3H2,1H3;1H2,2H3;/q;2*-1;;+2. The van der Waals surface area contributed by atoms with Crippen LogP contribution >= 0.6 is 0 Å². The van der Waals surface area contributed by atoms with Crippen molar-refractivity contribution in [2.75, 3.05) is 19.8 Å². The van der Waals surface area contributed by atoms with Gasteiger partial charge in [-0.15, -0.1) is 13.2 Å². The van der Waals surface area contributed by atoms with E-state index in [0.717, 1.165) is 19.4 Å². The molecule has 0 aromatic rings. The van der Waals surface area contributed by atoms with Gasteiger partial charge in [0.2, 0.25) is 0 Å². The monoisotopic (exact) mass is 325 g/mol. The van der Waals surface area contributed by atoms with Gasteiger partial charge >= 0.3 is 55.6 Å². The molecule has 4 heteroatoms. The van der Waals surface area contributed by atoms with Crippen LogP contribution in [-0.4, -0.2) is 40.9 Å². The SMILES string of the molecule is CCC[O-].CCC[O-].C[CH2][Sn+2][CH2]CCN. The molecule has 0 aliphatic rings. The van der Waals surface area contributed by atoms with Gasteiger partial charge in [0.15, 0.2) is 0 Å². The molecule has 0 spiro atoms. The normalized spacial score (nSPS) is 7.87. The van der Waals surface area contributed by atoms with Gasteiger partial charge in [0.25, 0.3) is 0 Å². The van der Waals surface area contributed by atoms with Gasteiger partial charge in [0.1, 0.15) is 0 Å². The summed E-state index contributed by atoms with van der Waals surface area (Å²) in [7, 11) is 0. The third kappa shape index (κ3) is 52.9. The van der Waals surface area contributed by atoms with Crippen LogP contribution in [0, 0.1) is 0 Å². The molecule has 3 nitrogen and oxygen atoms in total. The van der Waals surface area contributed by atoms with Crippen LogP contribution in [0.3, 0.4) is 0 Å². The van der Waals surface area contributed by atoms with E-state index in [2.05, 4.69) is 6.92 Å². The summed E-state index contributed by atoms with van der Waals surface area (Å²) in [5.41, 5.74) is 5.30. The first-order valence-corrected chi connectivity index (χ1v) is 9.85. The summed E-state index contributed by atoms with van der Waals surface area (Å²) >= 11 is 0.104. The minimum atomic E-state index is 0.0694. The number of hydrogen-bond donors (Lipinski definition) is 1. The predicted molar refractivity (Wildman–Crippen MR) is 65.0 cm³/mol. The van der Waals surface area contributed by atoms with Crippen molar-refractivity contribution < 1.29 is 10.2 Å². The van der Waals surface area contributed by atoms with Crippen LogP contribution < -0.4 is 15.9 Å². The maximum atomic E-state index is 9.30. The third-order valence-electron chi connectivity index (χ3n) is 1.22. The summed E-state index contributed by atoms with van der Waals surface area (Å²) in [5, 5.41) is 18.6. The summed E-state index contributed by atoms with van der Waals surface area (Å²) < 4.78 is 2.96. The molecule has 0 bridgehead atoms. The maximum absolute atomic E-state index is 9.30. The summed E-state index contributed by atoms with van der Waals surface area (Å²) in [5.74, 6) is 0. The molecule has 2 N–H and O–H groups in total. The van der Waals surface area contributed by atoms with Gasteiger partial charge in [-0.1, -0.05) is 26.7 Å². The van der Waals surface area contributed by atoms with Crippen LogP contribution in [-0.2, 0) is 0 Å². The van der Waals surface area contributed by atoms with Crippen molar-refractivity contribution in [3.63, 3.8) is 0 Å². The molecule has 0 aliphatic carbocycles. The molecule has 0 fully saturated rings. The summed E-state index contributed by atoms with van der Waals surface area (Å²) in [6.07, 6.45) is 2.81. The third-order valence-corrected chi connectivity index (χ3v) is 4.66. The fourth-order valence-electron chi connectivity index (χ4n) is 0.404. The molecule has 0 saturated carbocycles. The Morgan fingerprint density at radius 2 is 1.40 bits per heavy atom. The average molecular weight is 324 g/mol.